The van der Waals surface area contributed by atoms with Crippen LogP contribution in [0.25, 0.3) is 0 Å². The summed E-state index contributed by atoms with van der Waals surface area (Å²) >= 11 is 1.44. The molecule has 72 valence electrons. The highest BCUT2D eigenvalue weighted by Crippen LogP contribution is 2.35. The zero-order valence-corrected chi connectivity index (χ0v) is 8.33. The van der Waals surface area contributed by atoms with E-state index in [0.717, 1.165) is 5.71 Å². The molecule has 2 aliphatic rings. The fraction of sp³-hybridized carbons (Fsp3) is 0.444. The second-order valence-corrected chi connectivity index (χ2v) is 4.44. The highest BCUT2D eigenvalue weighted by Gasteiger charge is 2.36. The van der Waals surface area contributed by atoms with Gasteiger partial charge in [0, 0.05) is 11.6 Å². The number of anilines is 1. The summed E-state index contributed by atoms with van der Waals surface area (Å²) in [5.41, 5.74) is 1.05. The zero-order chi connectivity index (χ0) is 9.54. The van der Waals surface area contributed by atoms with Crippen LogP contribution in [0, 0.1) is 5.92 Å². The SMILES string of the molecule is O=C1CC(C2CC2)=NN1c1nccs1. The first-order valence-electron chi connectivity index (χ1n) is 4.64. The van der Waals surface area contributed by atoms with E-state index in [1.807, 2.05) is 5.38 Å². The van der Waals surface area contributed by atoms with Gasteiger partial charge in [0.1, 0.15) is 0 Å². The minimum atomic E-state index is 0.0573. The number of amides is 1. The summed E-state index contributed by atoms with van der Waals surface area (Å²) in [6.45, 7) is 0. The Balaban J connectivity index is 1.89. The van der Waals surface area contributed by atoms with Crippen LogP contribution in [0.3, 0.4) is 0 Å². The van der Waals surface area contributed by atoms with E-state index >= 15 is 0 Å². The molecule has 0 atom stereocenters. The van der Waals surface area contributed by atoms with Crippen LogP contribution in [0.5, 0.6) is 0 Å². The Morgan fingerprint density at radius 2 is 2.36 bits per heavy atom. The highest BCUT2D eigenvalue weighted by atomic mass is 32.1. The molecule has 1 aliphatic heterocycles. The maximum atomic E-state index is 11.6. The molecule has 0 N–H and O–H groups in total. The van der Waals surface area contributed by atoms with E-state index in [1.54, 1.807) is 6.20 Å². The van der Waals surface area contributed by atoms with E-state index in [4.69, 9.17) is 0 Å². The molecular weight excluding hydrogens is 198 g/mol. The summed E-state index contributed by atoms with van der Waals surface area (Å²) in [5.74, 6) is 0.630. The Bertz CT molecular complexity index is 394. The molecule has 1 aliphatic carbocycles. The van der Waals surface area contributed by atoms with Gasteiger partial charge in [0.15, 0.2) is 0 Å². The number of hydrogen-bond donors (Lipinski definition) is 0. The smallest absolute Gasteiger partial charge is 0.255 e. The van der Waals surface area contributed by atoms with E-state index in [9.17, 15) is 4.79 Å². The number of hydrogen-bond acceptors (Lipinski definition) is 4. The Kier molecular flexibility index (Phi) is 1.67. The van der Waals surface area contributed by atoms with Crippen molar-refractivity contribution in [3.63, 3.8) is 0 Å². The summed E-state index contributed by atoms with van der Waals surface area (Å²) in [6.07, 6.45) is 4.57. The Morgan fingerprint density at radius 1 is 1.50 bits per heavy atom. The van der Waals surface area contributed by atoms with Gasteiger partial charge in [0.2, 0.25) is 5.13 Å². The van der Waals surface area contributed by atoms with Crippen molar-refractivity contribution in [1.29, 1.82) is 0 Å². The van der Waals surface area contributed by atoms with Crippen molar-refractivity contribution < 1.29 is 4.79 Å². The topological polar surface area (TPSA) is 45.6 Å². The third-order valence-electron chi connectivity index (χ3n) is 2.45. The largest absolute Gasteiger partial charge is 0.272 e. The summed E-state index contributed by atoms with van der Waals surface area (Å²) in [5, 5.41) is 8.30. The highest BCUT2D eigenvalue weighted by molar-refractivity contribution is 7.13. The lowest BCUT2D eigenvalue weighted by molar-refractivity contribution is -0.116. The molecule has 0 bridgehead atoms. The molecule has 0 saturated heterocycles. The number of carbonyl (C=O) groups excluding carboxylic acids is 1. The zero-order valence-electron chi connectivity index (χ0n) is 7.51. The van der Waals surface area contributed by atoms with Gasteiger partial charge in [-0.1, -0.05) is 0 Å². The maximum absolute atomic E-state index is 11.6. The van der Waals surface area contributed by atoms with Crippen molar-refractivity contribution in [3.8, 4) is 0 Å². The van der Waals surface area contributed by atoms with E-state index in [1.165, 1.54) is 29.2 Å². The van der Waals surface area contributed by atoms with Crippen LogP contribution in [0.2, 0.25) is 0 Å². The molecule has 1 amide bonds. The summed E-state index contributed by atoms with van der Waals surface area (Å²) < 4.78 is 0. The Morgan fingerprint density at radius 3 is 3.00 bits per heavy atom. The molecule has 14 heavy (non-hydrogen) atoms. The van der Waals surface area contributed by atoms with Crippen molar-refractivity contribution >= 4 is 28.1 Å². The average Bonchev–Trinajstić information content (AvgIpc) is 2.75. The first-order chi connectivity index (χ1) is 6.84. The maximum Gasteiger partial charge on any atom is 0.255 e. The number of nitrogens with zero attached hydrogens (tertiary/aromatic N) is 3. The van der Waals surface area contributed by atoms with Crippen molar-refractivity contribution in [1.82, 2.24) is 4.98 Å². The Hall–Kier alpha value is -1.23. The second kappa shape index (κ2) is 2.88. The van der Waals surface area contributed by atoms with Gasteiger partial charge in [-0.25, -0.2) is 4.98 Å². The quantitative estimate of drug-likeness (QED) is 0.740. The molecule has 0 unspecified atom stereocenters. The lowest BCUT2D eigenvalue weighted by Crippen LogP contribution is -2.19. The van der Waals surface area contributed by atoms with Crippen molar-refractivity contribution in [2.75, 3.05) is 5.01 Å². The standard InChI is InChI=1S/C9H9N3OS/c13-8-5-7(6-1-2-6)11-12(8)9-10-3-4-14-9/h3-4,6H,1-2,5H2. The van der Waals surface area contributed by atoms with Gasteiger partial charge < -0.3 is 0 Å². The minimum absolute atomic E-state index is 0.0573. The number of carbonyl (C=O) groups is 1. The van der Waals surface area contributed by atoms with Crippen molar-refractivity contribution in [3.05, 3.63) is 11.6 Å². The van der Waals surface area contributed by atoms with Crippen LogP contribution in [-0.2, 0) is 4.79 Å². The molecule has 0 aromatic carbocycles. The fourth-order valence-electron chi connectivity index (χ4n) is 1.56. The third kappa shape index (κ3) is 1.24. The molecule has 3 rings (SSSR count). The number of thiazole rings is 1. The first-order valence-corrected chi connectivity index (χ1v) is 5.52. The molecule has 5 heteroatoms. The second-order valence-electron chi connectivity index (χ2n) is 3.56. The van der Waals surface area contributed by atoms with Gasteiger partial charge in [-0.2, -0.15) is 10.1 Å². The van der Waals surface area contributed by atoms with Gasteiger partial charge in [0.05, 0.1) is 12.1 Å². The lowest BCUT2D eigenvalue weighted by Gasteiger charge is -2.05. The van der Waals surface area contributed by atoms with Crippen LogP contribution in [0.4, 0.5) is 5.13 Å². The Labute approximate surface area is 85.3 Å². The van der Waals surface area contributed by atoms with Gasteiger partial charge in [-0.3, -0.25) is 4.79 Å². The van der Waals surface area contributed by atoms with Crippen LogP contribution >= 0.6 is 11.3 Å². The summed E-state index contributed by atoms with van der Waals surface area (Å²) in [6, 6.07) is 0. The van der Waals surface area contributed by atoms with Gasteiger partial charge in [-0.15, -0.1) is 11.3 Å². The number of rotatable bonds is 2. The van der Waals surface area contributed by atoms with Crippen LogP contribution in [-0.4, -0.2) is 16.6 Å². The average molecular weight is 207 g/mol. The molecule has 1 aromatic rings. The molecule has 1 fully saturated rings. The van der Waals surface area contributed by atoms with Crippen LogP contribution < -0.4 is 5.01 Å². The molecular formula is C9H9N3OS. The van der Waals surface area contributed by atoms with Crippen LogP contribution in [0.1, 0.15) is 19.3 Å². The predicted octanol–water partition coefficient (Wildman–Crippen LogP) is 1.65. The van der Waals surface area contributed by atoms with Crippen LogP contribution in [0.15, 0.2) is 16.7 Å². The molecule has 1 saturated carbocycles. The van der Waals surface area contributed by atoms with Gasteiger partial charge in [0.25, 0.3) is 5.91 Å². The van der Waals surface area contributed by atoms with Crippen molar-refractivity contribution in [2.24, 2.45) is 11.0 Å². The minimum Gasteiger partial charge on any atom is -0.272 e. The van der Waals surface area contributed by atoms with Crippen molar-refractivity contribution in [2.45, 2.75) is 19.3 Å². The number of hydrazone groups is 1. The predicted molar refractivity (Wildman–Crippen MR) is 54.4 cm³/mol. The monoisotopic (exact) mass is 207 g/mol. The molecule has 0 radical (unpaired) electrons. The molecule has 4 nitrogen and oxygen atoms in total. The summed E-state index contributed by atoms with van der Waals surface area (Å²) in [4.78, 5) is 15.7. The number of aromatic nitrogens is 1. The summed E-state index contributed by atoms with van der Waals surface area (Å²) in [7, 11) is 0. The van der Waals surface area contributed by atoms with Gasteiger partial charge in [-0.05, 0) is 18.8 Å². The molecule has 2 heterocycles. The molecule has 0 spiro atoms. The van der Waals surface area contributed by atoms with E-state index in [0.29, 0.717) is 17.5 Å². The fourth-order valence-corrected chi connectivity index (χ4v) is 2.17. The van der Waals surface area contributed by atoms with E-state index < -0.39 is 0 Å². The third-order valence-corrected chi connectivity index (χ3v) is 3.19. The van der Waals surface area contributed by atoms with E-state index in [-0.39, 0.29) is 5.91 Å². The molecule has 1 aromatic heterocycles. The normalized spacial score (nSPS) is 21.6. The first kappa shape index (κ1) is 8.11. The van der Waals surface area contributed by atoms with Gasteiger partial charge >= 0.3 is 0 Å². The van der Waals surface area contributed by atoms with E-state index in [2.05, 4.69) is 10.1 Å². The lowest BCUT2D eigenvalue weighted by atomic mass is 10.2.